The molecule has 1 aliphatic heterocycles. The number of hydrogen-bond donors (Lipinski definition) is 0. The van der Waals surface area contributed by atoms with Crippen LogP contribution in [0.2, 0.25) is 0 Å². The molecule has 0 bridgehead atoms. The predicted molar refractivity (Wildman–Crippen MR) is 73.4 cm³/mol. The topological polar surface area (TPSA) is 40.6 Å². The maximum Gasteiger partial charge on any atom is 0.257 e. The summed E-state index contributed by atoms with van der Waals surface area (Å²) in [7, 11) is 8.46. The van der Waals surface area contributed by atoms with Crippen LogP contribution in [0.3, 0.4) is 0 Å². The van der Waals surface area contributed by atoms with E-state index in [4.69, 9.17) is 7.85 Å². The lowest BCUT2D eigenvalue weighted by Crippen LogP contribution is -2.52. The first kappa shape index (κ1) is 14.2. The van der Waals surface area contributed by atoms with Crippen molar-refractivity contribution in [1.82, 2.24) is 9.80 Å². The molecule has 1 rings (SSSR count). The van der Waals surface area contributed by atoms with Gasteiger partial charge in [0.1, 0.15) is 7.85 Å². The zero-order valence-electron chi connectivity index (χ0n) is 9.32. The highest BCUT2D eigenvalue weighted by Crippen LogP contribution is 2.38. The zero-order chi connectivity index (χ0) is 12.8. The Balaban J connectivity index is 2.80. The third-order valence-electron chi connectivity index (χ3n) is 2.15. The maximum absolute atomic E-state index is 12.1. The summed E-state index contributed by atoms with van der Waals surface area (Å²) in [6.45, 7) is 7.86. The van der Waals surface area contributed by atoms with Crippen molar-refractivity contribution in [2.24, 2.45) is 0 Å². The number of amides is 2. The van der Waals surface area contributed by atoms with Crippen LogP contribution in [0.5, 0.6) is 0 Å². The van der Waals surface area contributed by atoms with E-state index in [1.54, 1.807) is 12.2 Å². The molecule has 1 fully saturated rings. The SMILES string of the molecule is [B]C1SSC(N(C=O)CC=C)C(=O)N1CC=C. The number of rotatable bonds is 6. The van der Waals surface area contributed by atoms with Crippen molar-refractivity contribution in [3.05, 3.63) is 25.3 Å². The van der Waals surface area contributed by atoms with Gasteiger partial charge in [0.2, 0.25) is 6.41 Å². The Morgan fingerprint density at radius 1 is 1.41 bits per heavy atom. The van der Waals surface area contributed by atoms with Crippen LogP contribution in [-0.4, -0.2) is 53.7 Å². The third-order valence-corrected chi connectivity index (χ3v) is 4.84. The van der Waals surface area contributed by atoms with Crippen LogP contribution >= 0.6 is 21.6 Å². The fourth-order valence-electron chi connectivity index (χ4n) is 1.34. The predicted octanol–water partition coefficient (Wildman–Crippen LogP) is 0.819. The van der Waals surface area contributed by atoms with Gasteiger partial charge < -0.3 is 9.80 Å². The second kappa shape index (κ2) is 6.81. The molecule has 2 unspecified atom stereocenters. The molecule has 4 nitrogen and oxygen atoms in total. The first-order valence-corrected chi connectivity index (χ1v) is 7.24. The zero-order valence-corrected chi connectivity index (χ0v) is 11.0. The van der Waals surface area contributed by atoms with E-state index in [1.807, 2.05) is 0 Å². The molecule has 1 heterocycles. The molecule has 2 radical (unpaired) electrons. The van der Waals surface area contributed by atoms with Crippen LogP contribution in [0.25, 0.3) is 0 Å². The normalized spacial score (nSPS) is 24.2. The molecule has 0 aromatic carbocycles. The quantitative estimate of drug-likeness (QED) is 0.309. The maximum atomic E-state index is 12.1. The van der Waals surface area contributed by atoms with Gasteiger partial charge in [-0.05, 0) is 0 Å². The van der Waals surface area contributed by atoms with Crippen molar-refractivity contribution >= 4 is 41.8 Å². The van der Waals surface area contributed by atoms with Gasteiger partial charge in [-0.1, -0.05) is 33.7 Å². The van der Waals surface area contributed by atoms with Crippen molar-refractivity contribution < 1.29 is 9.59 Å². The molecule has 7 heteroatoms. The number of carbonyl (C=O) groups is 2. The Morgan fingerprint density at radius 2 is 2.12 bits per heavy atom. The average Bonchev–Trinajstić information content (AvgIpc) is 2.32. The molecule has 2 atom stereocenters. The summed E-state index contributed by atoms with van der Waals surface area (Å²) in [5.41, 5.74) is 0. The average molecular weight is 268 g/mol. The van der Waals surface area contributed by atoms with Gasteiger partial charge in [-0.15, -0.1) is 13.2 Å². The van der Waals surface area contributed by atoms with Crippen molar-refractivity contribution in [3.8, 4) is 0 Å². The molecule has 0 spiro atoms. The Morgan fingerprint density at radius 3 is 2.65 bits per heavy atom. The van der Waals surface area contributed by atoms with Crippen LogP contribution in [-0.2, 0) is 9.59 Å². The van der Waals surface area contributed by atoms with Crippen LogP contribution in [0.1, 0.15) is 0 Å². The van der Waals surface area contributed by atoms with E-state index < -0.39 is 10.6 Å². The summed E-state index contributed by atoms with van der Waals surface area (Å²) >= 11 is 0. The lowest BCUT2D eigenvalue weighted by molar-refractivity contribution is -0.136. The molecule has 0 aromatic heterocycles. The lowest BCUT2D eigenvalue weighted by atomic mass is 10.1. The van der Waals surface area contributed by atoms with Gasteiger partial charge in [0, 0.05) is 18.4 Å². The Bertz CT molecular complexity index is 327. The Labute approximate surface area is 110 Å². The van der Waals surface area contributed by atoms with E-state index in [9.17, 15) is 9.59 Å². The van der Waals surface area contributed by atoms with Gasteiger partial charge in [-0.3, -0.25) is 9.59 Å². The monoisotopic (exact) mass is 268 g/mol. The highest BCUT2D eigenvalue weighted by molar-refractivity contribution is 8.77. The number of carbonyl (C=O) groups excluding carboxylic acids is 2. The van der Waals surface area contributed by atoms with E-state index >= 15 is 0 Å². The molecule has 0 aromatic rings. The number of hydrogen-bond acceptors (Lipinski definition) is 4. The van der Waals surface area contributed by atoms with Crippen molar-refractivity contribution in [3.63, 3.8) is 0 Å². The molecule has 1 aliphatic rings. The molecule has 2 amide bonds. The third kappa shape index (κ3) is 3.32. The Hall–Kier alpha value is -0.815. The minimum absolute atomic E-state index is 0.171. The molecule has 90 valence electrons. The second-order valence-electron chi connectivity index (χ2n) is 3.31. The summed E-state index contributed by atoms with van der Waals surface area (Å²) < 4.78 is 0. The second-order valence-corrected chi connectivity index (χ2v) is 5.77. The molecule has 0 saturated carbocycles. The van der Waals surface area contributed by atoms with Gasteiger partial charge >= 0.3 is 0 Å². The summed E-state index contributed by atoms with van der Waals surface area (Å²) in [5.74, 6) is -0.171. The Kier molecular flexibility index (Phi) is 5.71. The minimum Gasteiger partial charge on any atom is -0.332 e. The van der Waals surface area contributed by atoms with Crippen LogP contribution in [0, 0.1) is 0 Å². The molecular formula is C10H13BN2O2S2. The molecule has 1 saturated heterocycles. The first-order valence-electron chi connectivity index (χ1n) is 4.96. The van der Waals surface area contributed by atoms with Gasteiger partial charge in [0.25, 0.3) is 5.91 Å². The molecule has 0 N–H and O–H groups in total. The fraction of sp³-hybridized carbons (Fsp3) is 0.400. The summed E-state index contributed by atoms with van der Waals surface area (Å²) in [4.78, 5) is 25.9. The van der Waals surface area contributed by atoms with E-state index in [2.05, 4.69) is 13.2 Å². The molecule has 17 heavy (non-hydrogen) atoms. The van der Waals surface area contributed by atoms with E-state index in [1.165, 1.54) is 31.4 Å². The van der Waals surface area contributed by atoms with Gasteiger partial charge in [0.15, 0.2) is 5.37 Å². The number of nitrogens with zero attached hydrogens (tertiary/aromatic N) is 2. The molecular weight excluding hydrogens is 255 g/mol. The van der Waals surface area contributed by atoms with Crippen LogP contribution < -0.4 is 0 Å². The van der Waals surface area contributed by atoms with E-state index in [0.29, 0.717) is 19.5 Å². The van der Waals surface area contributed by atoms with E-state index in [-0.39, 0.29) is 5.91 Å². The standard InChI is InChI=1S/C10H13BN2O2S2/c1-3-5-12(7-14)9-8(15)13(6-4-2)10(11)17-16-9/h3-4,7,9-10H,1-2,5-6H2. The summed E-state index contributed by atoms with van der Waals surface area (Å²) in [6.07, 6.45) is 3.85. The lowest BCUT2D eigenvalue weighted by Gasteiger charge is -2.39. The van der Waals surface area contributed by atoms with Gasteiger partial charge in [-0.25, -0.2) is 0 Å². The van der Waals surface area contributed by atoms with Crippen molar-refractivity contribution in [1.29, 1.82) is 0 Å². The van der Waals surface area contributed by atoms with Gasteiger partial charge in [0.05, 0.1) is 0 Å². The van der Waals surface area contributed by atoms with Crippen LogP contribution in [0.4, 0.5) is 0 Å². The molecule has 0 aliphatic carbocycles. The highest BCUT2D eigenvalue weighted by Gasteiger charge is 2.36. The summed E-state index contributed by atoms with van der Waals surface area (Å²) in [6, 6.07) is 0. The van der Waals surface area contributed by atoms with Crippen molar-refractivity contribution in [2.75, 3.05) is 13.1 Å². The highest BCUT2D eigenvalue weighted by atomic mass is 33.1. The fourth-order valence-corrected chi connectivity index (χ4v) is 3.87. The first-order chi connectivity index (χ1) is 8.15. The van der Waals surface area contributed by atoms with Gasteiger partial charge in [-0.2, -0.15) is 0 Å². The largest absolute Gasteiger partial charge is 0.332 e. The summed E-state index contributed by atoms with van der Waals surface area (Å²) in [5, 5.41) is -0.950. The smallest absolute Gasteiger partial charge is 0.257 e. The van der Waals surface area contributed by atoms with E-state index in [0.717, 1.165) is 0 Å². The van der Waals surface area contributed by atoms with Crippen LogP contribution in [0.15, 0.2) is 25.3 Å². The minimum atomic E-state index is -0.546. The van der Waals surface area contributed by atoms with Crippen molar-refractivity contribution in [2.45, 2.75) is 10.6 Å².